The van der Waals surface area contributed by atoms with Crippen LogP contribution >= 0.6 is 0 Å². The molecular weight excluding hydrogens is 272 g/mol. The monoisotopic (exact) mass is 292 g/mol. The van der Waals surface area contributed by atoms with Crippen molar-refractivity contribution in [3.8, 4) is 0 Å². The van der Waals surface area contributed by atoms with Crippen molar-refractivity contribution >= 4 is 17.7 Å². The summed E-state index contributed by atoms with van der Waals surface area (Å²) >= 11 is 0. The third-order valence-electron chi connectivity index (χ3n) is 3.54. The van der Waals surface area contributed by atoms with Gasteiger partial charge in [0.05, 0.1) is 23.4 Å². The topological polar surface area (TPSA) is 87.7 Å². The number of carboxylic acids is 1. The average Bonchev–Trinajstić information content (AvgIpc) is 2.94. The van der Waals surface area contributed by atoms with Crippen molar-refractivity contribution < 1.29 is 19.4 Å². The van der Waals surface area contributed by atoms with E-state index in [9.17, 15) is 9.59 Å². The maximum Gasteiger partial charge on any atom is 0.337 e. The Bertz CT molecular complexity index is 538. The standard InChI is InChI=1S/C15H20N2O4/c1-9-5-6-12(11(8-9)14(18)19)17-15(20)16-10(2)13-4-3-7-21-13/h5-6,8,10,13H,3-4,7H2,1-2H3,(H,18,19)(H2,16,17,20). The van der Waals surface area contributed by atoms with Gasteiger partial charge in [-0.15, -0.1) is 0 Å². The van der Waals surface area contributed by atoms with E-state index in [1.165, 1.54) is 6.07 Å². The second-order valence-corrected chi connectivity index (χ2v) is 5.29. The van der Waals surface area contributed by atoms with Crippen molar-refractivity contribution in [1.29, 1.82) is 0 Å². The highest BCUT2D eigenvalue weighted by atomic mass is 16.5. The van der Waals surface area contributed by atoms with Crippen molar-refractivity contribution in [3.63, 3.8) is 0 Å². The molecule has 3 N–H and O–H groups in total. The molecule has 114 valence electrons. The van der Waals surface area contributed by atoms with Crippen molar-refractivity contribution in [1.82, 2.24) is 5.32 Å². The van der Waals surface area contributed by atoms with Crippen molar-refractivity contribution in [2.45, 2.75) is 38.8 Å². The van der Waals surface area contributed by atoms with Gasteiger partial charge in [0.15, 0.2) is 0 Å². The summed E-state index contributed by atoms with van der Waals surface area (Å²) in [6, 6.07) is 4.33. The predicted molar refractivity (Wildman–Crippen MR) is 78.7 cm³/mol. The molecule has 1 aliphatic heterocycles. The summed E-state index contributed by atoms with van der Waals surface area (Å²) in [5.41, 5.74) is 1.19. The number of hydrogen-bond donors (Lipinski definition) is 3. The highest BCUT2D eigenvalue weighted by molar-refractivity contribution is 6.00. The number of carbonyl (C=O) groups is 2. The maximum absolute atomic E-state index is 12.0. The first-order valence-corrected chi connectivity index (χ1v) is 7.00. The minimum absolute atomic E-state index is 0.0210. The Balaban J connectivity index is 2.00. The van der Waals surface area contributed by atoms with Gasteiger partial charge in [-0.05, 0) is 38.8 Å². The zero-order valence-electron chi connectivity index (χ0n) is 12.2. The molecule has 0 saturated carbocycles. The molecule has 6 nitrogen and oxygen atoms in total. The van der Waals surface area contributed by atoms with E-state index in [0.717, 1.165) is 25.0 Å². The molecule has 1 saturated heterocycles. The van der Waals surface area contributed by atoms with Crippen LogP contribution in [0.4, 0.5) is 10.5 Å². The number of amides is 2. The number of hydrogen-bond acceptors (Lipinski definition) is 3. The van der Waals surface area contributed by atoms with Crippen molar-refractivity contribution in [2.75, 3.05) is 11.9 Å². The normalized spacial score (nSPS) is 19.0. The lowest BCUT2D eigenvalue weighted by Crippen LogP contribution is -2.43. The van der Waals surface area contributed by atoms with Crippen LogP contribution in [0, 0.1) is 6.92 Å². The summed E-state index contributed by atoms with van der Waals surface area (Å²) in [5.74, 6) is -1.07. The molecule has 1 fully saturated rings. The van der Waals surface area contributed by atoms with Gasteiger partial charge < -0.3 is 20.5 Å². The van der Waals surface area contributed by atoms with Crippen LogP contribution < -0.4 is 10.6 Å². The number of benzene rings is 1. The van der Waals surface area contributed by atoms with E-state index < -0.39 is 12.0 Å². The number of nitrogens with one attached hydrogen (secondary N) is 2. The van der Waals surface area contributed by atoms with Gasteiger partial charge in [-0.3, -0.25) is 0 Å². The number of anilines is 1. The molecule has 1 aromatic carbocycles. The lowest BCUT2D eigenvalue weighted by Gasteiger charge is -2.20. The van der Waals surface area contributed by atoms with Gasteiger partial charge in [0.25, 0.3) is 0 Å². The fourth-order valence-corrected chi connectivity index (χ4v) is 2.40. The van der Waals surface area contributed by atoms with Crippen LogP contribution in [0.2, 0.25) is 0 Å². The van der Waals surface area contributed by atoms with Gasteiger partial charge in [-0.1, -0.05) is 11.6 Å². The summed E-state index contributed by atoms with van der Waals surface area (Å²) in [6.07, 6.45) is 1.94. The number of carbonyl (C=O) groups excluding carboxylic acids is 1. The Morgan fingerprint density at radius 2 is 2.19 bits per heavy atom. The molecule has 1 heterocycles. The number of rotatable bonds is 4. The number of aromatic carboxylic acids is 1. The first kappa shape index (κ1) is 15.3. The van der Waals surface area contributed by atoms with Gasteiger partial charge in [-0.25, -0.2) is 9.59 Å². The molecule has 21 heavy (non-hydrogen) atoms. The molecule has 0 aliphatic carbocycles. The van der Waals surface area contributed by atoms with Crippen molar-refractivity contribution in [3.05, 3.63) is 29.3 Å². The SMILES string of the molecule is Cc1ccc(NC(=O)NC(C)C2CCCO2)c(C(=O)O)c1. The average molecular weight is 292 g/mol. The summed E-state index contributed by atoms with van der Waals surface area (Å²) in [5, 5.41) is 14.5. The van der Waals surface area contributed by atoms with E-state index in [1.807, 2.05) is 6.92 Å². The molecule has 2 atom stereocenters. The molecule has 1 aliphatic rings. The molecule has 0 spiro atoms. The number of carboxylic acid groups (broad SMARTS) is 1. The van der Waals surface area contributed by atoms with Gasteiger partial charge >= 0.3 is 12.0 Å². The summed E-state index contributed by atoms with van der Waals surface area (Å²) in [7, 11) is 0. The van der Waals surface area contributed by atoms with Crippen LogP contribution in [0.15, 0.2) is 18.2 Å². The van der Waals surface area contributed by atoms with Crippen molar-refractivity contribution in [2.24, 2.45) is 0 Å². The second-order valence-electron chi connectivity index (χ2n) is 5.29. The molecule has 0 aromatic heterocycles. The molecule has 6 heteroatoms. The van der Waals surface area contributed by atoms with Crippen LogP contribution in [0.3, 0.4) is 0 Å². The fraction of sp³-hybridized carbons (Fsp3) is 0.467. The maximum atomic E-state index is 12.0. The number of ether oxygens (including phenoxy) is 1. The Morgan fingerprint density at radius 3 is 2.81 bits per heavy atom. The third kappa shape index (κ3) is 3.95. The zero-order valence-corrected chi connectivity index (χ0v) is 12.2. The molecule has 0 radical (unpaired) electrons. The van der Waals surface area contributed by atoms with Crippen LogP contribution in [0.25, 0.3) is 0 Å². The van der Waals surface area contributed by atoms with Gasteiger partial charge in [-0.2, -0.15) is 0 Å². The Hall–Kier alpha value is -2.08. The summed E-state index contributed by atoms with van der Waals surface area (Å²) in [6.45, 7) is 4.40. The molecule has 0 bridgehead atoms. The lowest BCUT2D eigenvalue weighted by molar-refractivity contribution is 0.0698. The molecular formula is C15H20N2O4. The van der Waals surface area contributed by atoms with Gasteiger partial charge in [0.1, 0.15) is 0 Å². The number of urea groups is 1. The molecule has 2 unspecified atom stereocenters. The van der Waals surface area contributed by atoms with E-state index in [4.69, 9.17) is 9.84 Å². The first-order valence-electron chi connectivity index (χ1n) is 7.00. The van der Waals surface area contributed by atoms with Gasteiger partial charge in [0.2, 0.25) is 0 Å². The second kappa shape index (κ2) is 6.58. The van der Waals surface area contributed by atoms with E-state index in [0.29, 0.717) is 0 Å². The summed E-state index contributed by atoms with van der Waals surface area (Å²) in [4.78, 5) is 23.2. The van der Waals surface area contributed by atoms with E-state index in [2.05, 4.69) is 10.6 Å². The summed E-state index contributed by atoms with van der Waals surface area (Å²) < 4.78 is 5.51. The minimum Gasteiger partial charge on any atom is -0.478 e. The van der Waals surface area contributed by atoms with Crippen LogP contribution in [-0.4, -0.2) is 35.9 Å². The molecule has 2 amide bonds. The fourth-order valence-electron chi connectivity index (χ4n) is 2.40. The third-order valence-corrected chi connectivity index (χ3v) is 3.54. The van der Waals surface area contributed by atoms with E-state index in [1.54, 1.807) is 19.1 Å². The van der Waals surface area contributed by atoms with Gasteiger partial charge in [0, 0.05) is 6.61 Å². The molecule has 1 aromatic rings. The highest BCUT2D eigenvalue weighted by Crippen LogP contribution is 2.18. The van der Waals surface area contributed by atoms with Crippen LogP contribution in [0.5, 0.6) is 0 Å². The lowest BCUT2D eigenvalue weighted by atomic mass is 10.1. The Kier molecular flexibility index (Phi) is 4.80. The quantitative estimate of drug-likeness (QED) is 0.795. The zero-order chi connectivity index (χ0) is 15.4. The van der Waals surface area contributed by atoms with E-state index >= 15 is 0 Å². The predicted octanol–water partition coefficient (Wildman–Crippen LogP) is 2.38. The Morgan fingerprint density at radius 1 is 1.43 bits per heavy atom. The number of aryl methyl sites for hydroxylation is 1. The van der Waals surface area contributed by atoms with E-state index in [-0.39, 0.29) is 23.4 Å². The van der Waals surface area contributed by atoms with Crippen LogP contribution in [0.1, 0.15) is 35.7 Å². The largest absolute Gasteiger partial charge is 0.478 e. The first-order chi connectivity index (χ1) is 9.97. The smallest absolute Gasteiger partial charge is 0.337 e. The van der Waals surface area contributed by atoms with Crippen LogP contribution in [-0.2, 0) is 4.74 Å². The molecule has 2 rings (SSSR count). The highest BCUT2D eigenvalue weighted by Gasteiger charge is 2.24. The Labute approximate surface area is 123 Å². The minimum atomic E-state index is -1.07.